The molecule has 0 heterocycles. The van der Waals surface area contributed by atoms with E-state index >= 15 is 0 Å². The van der Waals surface area contributed by atoms with Crippen LogP contribution in [0.2, 0.25) is 0 Å². The second-order valence-electron chi connectivity index (χ2n) is 6.70. The molecule has 0 saturated heterocycles. The van der Waals surface area contributed by atoms with Crippen LogP contribution in [0.1, 0.15) is 22.3 Å². The molecule has 0 spiro atoms. The highest BCUT2D eigenvalue weighted by atomic mass is 14.2. The fourth-order valence-corrected chi connectivity index (χ4v) is 3.80. The molecule has 0 atom stereocenters. The third-order valence-electron chi connectivity index (χ3n) is 5.06. The summed E-state index contributed by atoms with van der Waals surface area (Å²) >= 11 is 0. The molecule has 1 aliphatic carbocycles. The molecule has 0 amide bonds. The summed E-state index contributed by atoms with van der Waals surface area (Å²) in [6.07, 6.45) is 0. The first kappa shape index (κ1) is 15.6. The molecule has 5 rings (SSSR count). The van der Waals surface area contributed by atoms with Crippen molar-refractivity contribution in [2.45, 2.75) is 0 Å². The molecule has 126 valence electrons. The summed E-state index contributed by atoms with van der Waals surface area (Å²) in [5.74, 6) is 0. The van der Waals surface area contributed by atoms with Gasteiger partial charge in [-0.3, -0.25) is 0 Å². The molecule has 0 radical (unpaired) electrons. The average molecular weight is 342 g/mol. The van der Waals surface area contributed by atoms with Gasteiger partial charge in [-0.05, 0) is 33.4 Å². The molecular formula is C27H18. The Morgan fingerprint density at radius 1 is 0.407 bits per heavy atom. The third kappa shape index (κ3) is 2.73. The van der Waals surface area contributed by atoms with Crippen LogP contribution in [-0.4, -0.2) is 0 Å². The van der Waals surface area contributed by atoms with Gasteiger partial charge in [0.2, 0.25) is 0 Å². The highest BCUT2D eigenvalue weighted by Gasteiger charge is 2.22. The highest BCUT2D eigenvalue weighted by Crippen LogP contribution is 2.44. The second-order valence-corrected chi connectivity index (χ2v) is 6.70. The Morgan fingerprint density at radius 3 is 1.22 bits per heavy atom. The molecule has 0 aromatic heterocycles. The van der Waals surface area contributed by atoms with Crippen LogP contribution in [0.25, 0.3) is 22.3 Å². The van der Waals surface area contributed by atoms with E-state index < -0.39 is 0 Å². The number of fused-ring (bicyclic) bond motifs is 3. The third-order valence-corrected chi connectivity index (χ3v) is 5.06. The quantitative estimate of drug-likeness (QED) is 0.308. The summed E-state index contributed by atoms with van der Waals surface area (Å²) in [5.41, 5.74) is 13.5. The van der Waals surface area contributed by atoms with E-state index in [1.165, 1.54) is 39.0 Å². The lowest BCUT2D eigenvalue weighted by molar-refractivity contribution is 1.55. The molecule has 1 aliphatic rings. The fourth-order valence-electron chi connectivity index (χ4n) is 3.80. The maximum absolute atomic E-state index is 3.79. The van der Waals surface area contributed by atoms with Gasteiger partial charge in [0, 0.05) is 11.1 Å². The fraction of sp³-hybridized carbons (Fsp3) is 0. The van der Waals surface area contributed by atoms with Crippen molar-refractivity contribution in [3.05, 3.63) is 137 Å². The molecule has 0 saturated carbocycles. The van der Waals surface area contributed by atoms with Gasteiger partial charge in [-0.1, -0.05) is 109 Å². The van der Waals surface area contributed by atoms with Gasteiger partial charge in [0.1, 0.15) is 0 Å². The van der Waals surface area contributed by atoms with Gasteiger partial charge >= 0.3 is 0 Å². The normalized spacial score (nSPS) is 11.5. The Bertz CT molecular complexity index is 1080. The Balaban J connectivity index is 1.88. The highest BCUT2D eigenvalue weighted by molar-refractivity contribution is 6.02. The van der Waals surface area contributed by atoms with Crippen LogP contribution in [0.5, 0.6) is 0 Å². The Hall–Kier alpha value is -3.60. The smallest absolute Gasteiger partial charge is 0.0328 e. The summed E-state index contributed by atoms with van der Waals surface area (Å²) < 4.78 is 0. The van der Waals surface area contributed by atoms with Crippen molar-refractivity contribution in [2.75, 3.05) is 0 Å². The first-order valence-electron chi connectivity index (χ1n) is 9.23. The zero-order chi connectivity index (χ0) is 18.1. The predicted octanol–water partition coefficient (Wildman–Crippen LogP) is 6.83. The molecule has 0 N–H and O–H groups in total. The van der Waals surface area contributed by atoms with Gasteiger partial charge in [0.15, 0.2) is 0 Å². The van der Waals surface area contributed by atoms with E-state index in [0.717, 1.165) is 5.57 Å². The van der Waals surface area contributed by atoms with Crippen LogP contribution in [0.15, 0.2) is 115 Å². The minimum atomic E-state index is 1.12. The Kier molecular flexibility index (Phi) is 3.83. The summed E-state index contributed by atoms with van der Waals surface area (Å²) in [4.78, 5) is 0. The number of hydrogen-bond acceptors (Lipinski definition) is 0. The van der Waals surface area contributed by atoms with Crippen molar-refractivity contribution in [1.29, 1.82) is 0 Å². The van der Waals surface area contributed by atoms with E-state index in [2.05, 4.69) is 115 Å². The first-order valence-corrected chi connectivity index (χ1v) is 9.23. The van der Waals surface area contributed by atoms with Crippen molar-refractivity contribution in [2.24, 2.45) is 0 Å². The van der Waals surface area contributed by atoms with Gasteiger partial charge in [-0.15, -0.1) is 5.73 Å². The summed E-state index contributed by atoms with van der Waals surface area (Å²) in [7, 11) is 0. The monoisotopic (exact) mass is 342 g/mol. The minimum Gasteiger partial charge on any atom is -0.102 e. The van der Waals surface area contributed by atoms with Gasteiger partial charge < -0.3 is 0 Å². The molecule has 0 bridgehead atoms. The molecule has 0 nitrogen and oxygen atoms in total. The van der Waals surface area contributed by atoms with Gasteiger partial charge in [-0.2, -0.15) is 0 Å². The van der Waals surface area contributed by atoms with Gasteiger partial charge in [-0.25, -0.2) is 0 Å². The van der Waals surface area contributed by atoms with E-state index in [1.54, 1.807) is 0 Å². The molecule has 0 heteroatoms. The van der Waals surface area contributed by atoms with Crippen molar-refractivity contribution in [3.8, 4) is 11.1 Å². The number of hydrogen-bond donors (Lipinski definition) is 0. The van der Waals surface area contributed by atoms with Crippen molar-refractivity contribution in [1.82, 2.24) is 0 Å². The molecule has 4 aromatic carbocycles. The van der Waals surface area contributed by atoms with Gasteiger partial charge in [0.25, 0.3) is 0 Å². The topological polar surface area (TPSA) is 0 Å². The summed E-state index contributed by atoms with van der Waals surface area (Å²) in [6.45, 7) is 0. The molecular weight excluding hydrogens is 324 g/mol. The lowest BCUT2D eigenvalue weighted by Crippen LogP contribution is -1.87. The van der Waals surface area contributed by atoms with E-state index in [1.807, 2.05) is 0 Å². The zero-order valence-corrected chi connectivity index (χ0v) is 14.9. The maximum Gasteiger partial charge on any atom is 0.0328 e. The van der Waals surface area contributed by atoms with E-state index in [4.69, 9.17) is 0 Å². The standard InChI is InChI=1S/C27H18/c1-3-11-20(12-4-1)26(21-13-5-2-6-14-21)19-27-24-17-9-7-15-22(24)23-16-8-10-18-25(23)27/h1-18H. The van der Waals surface area contributed by atoms with Crippen LogP contribution >= 0.6 is 0 Å². The maximum atomic E-state index is 3.79. The molecule has 4 aromatic rings. The molecule has 27 heavy (non-hydrogen) atoms. The van der Waals surface area contributed by atoms with E-state index in [0.29, 0.717) is 0 Å². The molecule has 0 aliphatic heterocycles. The van der Waals surface area contributed by atoms with E-state index in [-0.39, 0.29) is 0 Å². The van der Waals surface area contributed by atoms with Crippen LogP contribution in [0.4, 0.5) is 0 Å². The van der Waals surface area contributed by atoms with Crippen LogP contribution < -0.4 is 0 Å². The van der Waals surface area contributed by atoms with Crippen LogP contribution in [0, 0.1) is 0 Å². The van der Waals surface area contributed by atoms with Crippen molar-refractivity contribution >= 4 is 11.1 Å². The van der Waals surface area contributed by atoms with Crippen LogP contribution in [-0.2, 0) is 0 Å². The predicted molar refractivity (Wildman–Crippen MR) is 113 cm³/mol. The first-order chi connectivity index (χ1) is 13.4. The van der Waals surface area contributed by atoms with E-state index in [9.17, 15) is 0 Å². The van der Waals surface area contributed by atoms with Gasteiger partial charge in [0.05, 0.1) is 0 Å². The Labute approximate surface area is 159 Å². The lowest BCUT2D eigenvalue weighted by Gasteiger charge is -2.07. The van der Waals surface area contributed by atoms with Crippen molar-refractivity contribution in [3.63, 3.8) is 0 Å². The number of rotatable bonds is 2. The number of benzene rings is 4. The largest absolute Gasteiger partial charge is 0.102 e. The van der Waals surface area contributed by atoms with Crippen LogP contribution in [0.3, 0.4) is 0 Å². The average Bonchev–Trinajstić information content (AvgIpc) is 3.07. The minimum absolute atomic E-state index is 1.12. The second kappa shape index (κ2) is 6.61. The molecule has 0 unspecified atom stereocenters. The summed E-state index contributed by atoms with van der Waals surface area (Å²) in [6, 6.07) is 38.3. The Morgan fingerprint density at radius 2 is 0.778 bits per heavy atom. The lowest BCUT2D eigenvalue weighted by atomic mass is 9.96. The SMILES string of the molecule is C(=C(c1ccccc1)c1ccccc1)=C1c2ccccc2-c2ccccc21. The molecule has 0 fully saturated rings. The zero-order valence-electron chi connectivity index (χ0n) is 14.9. The summed E-state index contributed by atoms with van der Waals surface area (Å²) in [5, 5.41) is 0. The van der Waals surface area contributed by atoms with Crippen molar-refractivity contribution < 1.29 is 0 Å².